The van der Waals surface area contributed by atoms with Gasteiger partial charge in [0.2, 0.25) is 5.72 Å². The molecule has 2 fully saturated rings. The van der Waals surface area contributed by atoms with Crippen LogP contribution in [0.4, 0.5) is 5.82 Å². The number of anilines is 1. The van der Waals surface area contributed by atoms with Gasteiger partial charge >= 0.3 is 11.4 Å². The molecule has 0 amide bonds. The molecule has 0 aromatic carbocycles. The monoisotopic (exact) mass is 467 g/mol. The van der Waals surface area contributed by atoms with E-state index in [0.717, 1.165) is 9.13 Å². The van der Waals surface area contributed by atoms with Gasteiger partial charge in [0.15, 0.2) is 0 Å². The van der Waals surface area contributed by atoms with Gasteiger partial charge in [0.25, 0.3) is 5.56 Å². The number of hydrogen-bond donors (Lipinski definition) is 6. The van der Waals surface area contributed by atoms with Crippen molar-refractivity contribution in [2.45, 2.75) is 55.6 Å². The van der Waals surface area contributed by atoms with E-state index in [4.69, 9.17) is 15.2 Å². The van der Waals surface area contributed by atoms with E-state index in [9.17, 15) is 34.8 Å². The van der Waals surface area contributed by atoms with E-state index in [-0.39, 0.29) is 17.8 Å². The van der Waals surface area contributed by atoms with E-state index in [2.05, 4.69) is 9.97 Å². The molecule has 0 saturated carbocycles. The molecule has 2 aliphatic heterocycles. The normalized spacial score (nSPS) is 34.1. The molecule has 7 N–H and O–H groups in total. The maximum absolute atomic E-state index is 12.8. The highest BCUT2D eigenvalue weighted by atomic mass is 16.6. The fraction of sp³-hybridized carbons (Fsp3) is 0.579. The molecule has 2 aliphatic rings. The van der Waals surface area contributed by atoms with Crippen molar-refractivity contribution in [2.75, 3.05) is 18.9 Å². The van der Waals surface area contributed by atoms with Crippen LogP contribution >= 0.6 is 0 Å². The highest BCUT2D eigenvalue weighted by molar-refractivity contribution is 5.25. The van der Waals surface area contributed by atoms with Gasteiger partial charge in [0.1, 0.15) is 29.9 Å². The lowest BCUT2D eigenvalue weighted by atomic mass is 9.79. The topological polar surface area (TPSA) is 215 Å². The van der Waals surface area contributed by atoms with Crippen LogP contribution < -0.4 is 22.7 Å². The molecule has 0 unspecified atom stereocenters. The quantitative estimate of drug-likeness (QED) is 0.253. The standard InChI is InChI=1S/C19H25N5O9/c1-9-6-23(16(29)22-15(9)28)14-5-18(31,12(8-26)32-14)19(11(27)4-10(7-25)33-19)24-3-2-13(20)21-17(24)30/h2-3,6,10-12,14,25-27,31H,4-5,7-8H2,1H3,(H2,20,21,30)(H,22,28,29)/t10-,11+,12+,14+,18-,19-/m0/s1. The van der Waals surface area contributed by atoms with E-state index in [1.54, 1.807) is 0 Å². The van der Waals surface area contributed by atoms with E-state index < -0.39 is 72.4 Å². The number of nitrogen functional groups attached to an aromatic ring is 1. The van der Waals surface area contributed by atoms with Crippen molar-refractivity contribution in [2.24, 2.45) is 0 Å². The summed E-state index contributed by atoms with van der Waals surface area (Å²) >= 11 is 0. The number of aromatic amines is 1. The van der Waals surface area contributed by atoms with Crippen LogP contribution in [0.2, 0.25) is 0 Å². The summed E-state index contributed by atoms with van der Waals surface area (Å²) in [6.07, 6.45) is -3.35. The molecule has 33 heavy (non-hydrogen) atoms. The Bertz CT molecular complexity index is 1230. The smallest absolute Gasteiger partial charge is 0.352 e. The van der Waals surface area contributed by atoms with Crippen LogP contribution in [0.1, 0.15) is 24.6 Å². The van der Waals surface area contributed by atoms with Crippen molar-refractivity contribution < 1.29 is 29.9 Å². The summed E-state index contributed by atoms with van der Waals surface area (Å²) in [5.74, 6) is -0.112. The van der Waals surface area contributed by atoms with Gasteiger partial charge < -0.3 is 35.6 Å². The van der Waals surface area contributed by atoms with E-state index >= 15 is 0 Å². The predicted molar refractivity (Wildman–Crippen MR) is 110 cm³/mol. The Morgan fingerprint density at radius 3 is 2.64 bits per heavy atom. The zero-order chi connectivity index (χ0) is 24.1. The third-order valence-electron chi connectivity index (χ3n) is 6.25. The number of rotatable bonds is 5. The van der Waals surface area contributed by atoms with Gasteiger partial charge in [-0.15, -0.1) is 0 Å². The molecular weight excluding hydrogens is 442 g/mol. The lowest BCUT2D eigenvalue weighted by Crippen LogP contribution is -2.67. The number of nitrogens with zero attached hydrogens (tertiary/aromatic N) is 3. The molecule has 4 rings (SSSR count). The van der Waals surface area contributed by atoms with Crippen molar-refractivity contribution >= 4 is 5.82 Å². The summed E-state index contributed by atoms with van der Waals surface area (Å²) in [5.41, 5.74) is -1.15. The summed E-state index contributed by atoms with van der Waals surface area (Å²) in [6, 6.07) is 1.26. The third-order valence-corrected chi connectivity index (χ3v) is 6.25. The molecule has 2 aromatic rings. The van der Waals surface area contributed by atoms with Gasteiger partial charge in [-0.1, -0.05) is 0 Å². The Morgan fingerprint density at radius 1 is 1.30 bits per heavy atom. The number of aryl methyl sites for hydroxylation is 1. The van der Waals surface area contributed by atoms with Crippen LogP contribution in [-0.4, -0.2) is 76.7 Å². The second-order valence-corrected chi connectivity index (χ2v) is 8.24. The first kappa shape index (κ1) is 23.3. The molecule has 0 aliphatic carbocycles. The van der Waals surface area contributed by atoms with Crippen molar-refractivity contribution in [3.05, 3.63) is 55.3 Å². The number of nitrogens with two attached hydrogens (primary N) is 1. The van der Waals surface area contributed by atoms with Gasteiger partial charge in [-0.2, -0.15) is 4.98 Å². The molecule has 4 heterocycles. The Hall–Kier alpha value is -2.88. The van der Waals surface area contributed by atoms with Crippen LogP contribution in [0, 0.1) is 6.92 Å². The van der Waals surface area contributed by atoms with Crippen LogP contribution in [0.15, 0.2) is 32.8 Å². The van der Waals surface area contributed by atoms with Crippen molar-refractivity contribution in [3.63, 3.8) is 0 Å². The minimum Gasteiger partial charge on any atom is -0.394 e. The largest absolute Gasteiger partial charge is 0.394 e. The zero-order valence-electron chi connectivity index (χ0n) is 17.6. The summed E-state index contributed by atoms with van der Waals surface area (Å²) in [4.78, 5) is 42.7. The van der Waals surface area contributed by atoms with Crippen LogP contribution in [0.5, 0.6) is 0 Å². The first-order valence-electron chi connectivity index (χ1n) is 10.2. The lowest BCUT2D eigenvalue weighted by Gasteiger charge is -2.46. The minimum atomic E-state index is -2.29. The summed E-state index contributed by atoms with van der Waals surface area (Å²) in [7, 11) is 0. The number of aliphatic hydroxyl groups excluding tert-OH is 3. The predicted octanol–water partition coefficient (Wildman–Crippen LogP) is -3.51. The third kappa shape index (κ3) is 3.42. The zero-order valence-corrected chi connectivity index (χ0v) is 17.6. The Kier molecular flexibility index (Phi) is 5.76. The van der Waals surface area contributed by atoms with Crippen LogP contribution in [0.25, 0.3) is 0 Å². The van der Waals surface area contributed by atoms with E-state index in [0.29, 0.717) is 0 Å². The number of nitrogens with one attached hydrogen (secondary N) is 1. The summed E-state index contributed by atoms with van der Waals surface area (Å²) < 4.78 is 13.5. The first-order chi connectivity index (χ1) is 15.6. The average Bonchev–Trinajstić information content (AvgIpc) is 3.29. The van der Waals surface area contributed by atoms with Crippen LogP contribution in [0.3, 0.4) is 0 Å². The Labute approximate surface area is 185 Å². The van der Waals surface area contributed by atoms with Crippen LogP contribution in [-0.2, 0) is 15.2 Å². The number of aromatic nitrogens is 4. The summed E-state index contributed by atoms with van der Waals surface area (Å²) in [5, 5.41) is 42.7. The van der Waals surface area contributed by atoms with Gasteiger partial charge in [-0.3, -0.25) is 18.9 Å². The van der Waals surface area contributed by atoms with Crippen molar-refractivity contribution in [3.8, 4) is 0 Å². The maximum atomic E-state index is 12.8. The number of H-pyrrole nitrogens is 1. The van der Waals surface area contributed by atoms with Crippen molar-refractivity contribution in [1.29, 1.82) is 0 Å². The Balaban J connectivity index is 1.89. The highest BCUT2D eigenvalue weighted by Crippen LogP contribution is 2.52. The average molecular weight is 467 g/mol. The molecule has 180 valence electrons. The molecule has 0 radical (unpaired) electrons. The van der Waals surface area contributed by atoms with E-state index in [1.807, 2.05) is 0 Å². The van der Waals surface area contributed by atoms with Gasteiger partial charge in [0.05, 0.1) is 19.3 Å². The number of ether oxygens (including phenoxy) is 2. The molecule has 0 spiro atoms. The molecule has 6 atom stereocenters. The number of aliphatic hydroxyl groups is 4. The fourth-order valence-corrected chi connectivity index (χ4v) is 4.67. The Morgan fingerprint density at radius 2 is 2.03 bits per heavy atom. The molecule has 14 heteroatoms. The second-order valence-electron chi connectivity index (χ2n) is 8.24. The van der Waals surface area contributed by atoms with Gasteiger partial charge in [-0.25, -0.2) is 9.59 Å². The summed E-state index contributed by atoms with van der Waals surface area (Å²) in [6.45, 7) is 0.164. The van der Waals surface area contributed by atoms with Crippen molar-refractivity contribution in [1.82, 2.24) is 19.1 Å². The SMILES string of the molecule is Cc1cn([C@H]2C[C@@](O)([C@@]3(n4ccc(N)nc4=O)O[C@H](CO)C[C@H]3O)[C@@H](CO)O2)c(=O)[nH]c1=O. The second kappa shape index (κ2) is 8.16. The molecule has 2 saturated heterocycles. The molecular formula is C19H25N5O9. The number of hydrogen-bond acceptors (Lipinski definition) is 11. The van der Waals surface area contributed by atoms with Gasteiger partial charge in [-0.05, 0) is 13.0 Å². The lowest BCUT2D eigenvalue weighted by molar-refractivity contribution is -0.274. The molecule has 14 nitrogen and oxygen atoms in total. The minimum absolute atomic E-state index is 0.112. The van der Waals surface area contributed by atoms with E-state index in [1.165, 1.54) is 25.4 Å². The fourth-order valence-electron chi connectivity index (χ4n) is 4.67. The van der Waals surface area contributed by atoms with Gasteiger partial charge in [0, 0.05) is 30.8 Å². The molecule has 2 aromatic heterocycles. The first-order valence-corrected chi connectivity index (χ1v) is 10.2. The highest BCUT2D eigenvalue weighted by Gasteiger charge is 2.69. The maximum Gasteiger partial charge on any atom is 0.352 e. The molecule has 0 bridgehead atoms.